The van der Waals surface area contributed by atoms with Gasteiger partial charge in [-0.1, -0.05) is 24.3 Å². The lowest BCUT2D eigenvalue weighted by Gasteiger charge is -2.31. The van der Waals surface area contributed by atoms with E-state index < -0.39 is 0 Å². The van der Waals surface area contributed by atoms with E-state index in [1.807, 2.05) is 31.2 Å². The topological polar surface area (TPSA) is 60.8 Å². The van der Waals surface area contributed by atoms with Crippen molar-refractivity contribution in [3.05, 3.63) is 71.7 Å². The van der Waals surface area contributed by atoms with Crippen molar-refractivity contribution in [1.29, 1.82) is 0 Å². The zero-order chi connectivity index (χ0) is 24.2. The number of aromatic nitrogens is 1. The van der Waals surface area contributed by atoms with Crippen LogP contribution in [0.2, 0.25) is 0 Å². The number of methoxy groups -OCH3 is 1. The Morgan fingerprint density at radius 1 is 1.12 bits per heavy atom. The average Bonchev–Trinajstić information content (AvgIpc) is 3.21. The Kier molecular flexibility index (Phi) is 7.01. The van der Waals surface area contributed by atoms with Crippen molar-refractivity contribution in [1.82, 2.24) is 9.47 Å². The van der Waals surface area contributed by atoms with Gasteiger partial charge in [0.1, 0.15) is 11.6 Å². The molecule has 2 aromatic carbocycles. The summed E-state index contributed by atoms with van der Waals surface area (Å²) in [5.41, 5.74) is 2.95. The van der Waals surface area contributed by atoms with Gasteiger partial charge >= 0.3 is 5.97 Å². The van der Waals surface area contributed by atoms with E-state index in [-0.39, 0.29) is 23.6 Å². The summed E-state index contributed by atoms with van der Waals surface area (Å²) in [4.78, 5) is 27.6. The molecular formula is C27H29FN2O4. The molecule has 3 aromatic rings. The normalized spacial score (nSPS) is 15.8. The number of nitrogens with zero attached hydrogens (tertiary/aromatic N) is 2. The van der Waals surface area contributed by atoms with E-state index in [1.54, 1.807) is 47.8 Å². The highest BCUT2D eigenvalue weighted by atomic mass is 19.1. The number of piperidine rings is 1. The molecule has 4 rings (SSSR count). The van der Waals surface area contributed by atoms with Crippen molar-refractivity contribution in [2.75, 3.05) is 26.8 Å². The number of hydrogen-bond donors (Lipinski definition) is 0. The number of para-hydroxylation sites is 1. The van der Waals surface area contributed by atoms with Gasteiger partial charge in [-0.25, -0.2) is 4.39 Å². The number of hydrogen-bond acceptors (Lipinski definition) is 4. The number of likely N-dealkylation sites (tertiary alicyclic amines) is 1. The van der Waals surface area contributed by atoms with Crippen LogP contribution in [-0.4, -0.2) is 48.1 Å². The van der Waals surface area contributed by atoms with Crippen LogP contribution in [0.4, 0.5) is 4.39 Å². The maximum absolute atomic E-state index is 14.9. The summed E-state index contributed by atoms with van der Waals surface area (Å²) < 4.78 is 27.2. The second kappa shape index (κ2) is 10.1. The molecule has 0 aliphatic carbocycles. The Bertz CT molecular complexity index is 1200. The summed E-state index contributed by atoms with van der Waals surface area (Å²) in [5, 5.41) is 0. The molecule has 0 saturated carbocycles. The minimum absolute atomic E-state index is 0.175. The molecule has 34 heavy (non-hydrogen) atoms. The summed E-state index contributed by atoms with van der Waals surface area (Å²) in [6, 6.07) is 15.8. The first-order chi connectivity index (χ1) is 16.4. The van der Waals surface area contributed by atoms with Crippen molar-refractivity contribution >= 4 is 11.9 Å². The molecule has 6 nitrogen and oxygen atoms in total. The molecule has 1 unspecified atom stereocenters. The van der Waals surface area contributed by atoms with Crippen LogP contribution >= 0.6 is 0 Å². The van der Waals surface area contributed by atoms with E-state index in [9.17, 15) is 14.0 Å². The van der Waals surface area contributed by atoms with E-state index in [0.717, 1.165) is 12.0 Å². The molecule has 1 aliphatic rings. The highest BCUT2D eigenvalue weighted by molar-refractivity contribution is 5.97. The first-order valence-corrected chi connectivity index (χ1v) is 11.5. The minimum Gasteiger partial charge on any atom is -0.497 e. The number of ether oxygens (including phenoxy) is 2. The van der Waals surface area contributed by atoms with Gasteiger partial charge in [-0.05, 0) is 57.0 Å². The Labute approximate surface area is 198 Å². The third kappa shape index (κ3) is 4.55. The monoisotopic (exact) mass is 464 g/mol. The number of carbonyl (C=O) groups excluding carboxylic acids is 2. The van der Waals surface area contributed by atoms with E-state index in [4.69, 9.17) is 9.47 Å². The molecule has 0 N–H and O–H groups in total. The predicted octanol–water partition coefficient (Wildman–Crippen LogP) is 5.02. The maximum atomic E-state index is 14.9. The van der Waals surface area contributed by atoms with Crippen LogP contribution in [0.15, 0.2) is 54.6 Å². The lowest BCUT2D eigenvalue weighted by atomic mass is 9.97. The highest BCUT2D eigenvalue weighted by Gasteiger charge is 2.32. The highest BCUT2D eigenvalue weighted by Crippen LogP contribution is 2.33. The number of benzene rings is 2. The molecule has 1 atom stereocenters. The van der Waals surface area contributed by atoms with E-state index in [0.29, 0.717) is 54.5 Å². The first-order valence-electron chi connectivity index (χ1n) is 11.5. The fraction of sp³-hybridized carbons (Fsp3) is 0.333. The van der Waals surface area contributed by atoms with Gasteiger partial charge in [0.05, 0.1) is 36.6 Å². The predicted molar refractivity (Wildman–Crippen MR) is 128 cm³/mol. The van der Waals surface area contributed by atoms with Gasteiger partial charge < -0.3 is 18.9 Å². The number of carbonyl (C=O) groups is 2. The number of rotatable bonds is 6. The average molecular weight is 465 g/mol. The molecule has 1 fully saturated rings. The van der Waals surface area contributed by atoms with Crippen molar-refractivity contribution in [3.8, 4) is 22.7 Å². The Balaban J connectivity index is 1.77. The quantitative estimate of drug-likeness (QED) is 0.481. The third-order valence-corrected chi connectivity index (χ3v) is 6.26. The molecule has 7 heteroatoms. The Morgan fingerprint density at radius 3 is 2.65 bits per heavy atom. The lowest BCUT2D eigenvalue weighted by molar-refractivity contribution is -0.149. The summed E-state index contributed by atoms with van der Waals surface area (Å²) >= 11 is 0. The number of esters is 1. The molecule has 2 heterocycles. The summed E-state index contributed by atoms with van der Waals surface area (Å²) in [7, 11) is 1.59. The van der Waals surface area contributed by atoms with Crippen LogP contribution in [0.3, 0.4) is 0 Å². The standard InChI is InChI=1S/C27H29FN2O4/c1-4-34-27(32)20-10-8-14-29(17-20)26(31)22-16-25(19-9-7-11-21(15-19)33-3)30(18(22)2)24-13-6-5-12-23(24)28/h5-7,9,11-13,15-16,20H,4,8,10,14,17H2,1-3H3. The van der Waals surface area contributed by atoms with Crippen LogP contribution in [0.1, 0.15) is 35.8 Å². The van der Waals surface area contributed by atoms with Crippen molar-refractivity contribution < 1.29 is 23.5 Å². The lowest BCUT2D eigenvalue weighted by Crippen LogP contribution is -2.43. The Morgan fingerprint density at radius 2 is 1.91 bits per heavy atom. The maximum Gasteiger partial charge on any atom is 0.310 e. The fourth-order valence-corrected chi connectivity index (χ4v) is 4.55. The largest absolute Gasteiger partial charge is 0.497 e. The van der Waals surface area contributed by atoms with Crippen LogP contribution in [0, 0.1) is 18.7 Å². The second-order valence-corrected chi connectivity index (χ2v) is 8.39. The summed E-state index contributed by atoms with van der Waals surface area (Å²) in [5.74, 6) is -0.491. The van der Waals surface area contributed by atoms with Gasteiger partial charge in [-0.3, -0.25) is 9.59 Å². The Hall–Kier alpha value is -3.61. The third-order valence-electron chi connectivity index (χ3n) is 6.26. The van der Waals surface area contributed by atoms with E-state index in [1.165, 1.54) is 6.07 Å². The molecule has 1 saturated heterocycles. The zero-order valence-electron chi connectivity index (χ0n) is 19.7. The SMILES string of the molecule is CCOC(=O)C1CCCN(C(=O)c2cc(-c3cccc(OC)c3)n(-c3ccccc3F)c2C)C1. The molecule has 1 aromatic heterocycles. The molecule has 0 spiro atoms. The smallest absolute Gasteiger partial charge is 0.310 e. The van der Waals surface area contributed by atoms with E-state index in [2.05, 4.69) is 0 Å². The van der Waals surface area contributed by atoms with Gasteiger partial charge in [0.15, 0.2) is 0 Å². The number of amides is 1. The summed E-state index contributed by atoms with van der Waals surface area (Å²) in [6.07, 6.45) is 1.43. The van der Waals surface area contributed by atoms with Crippen molar-refractivity contribution in [2.24, 2.45) is 5.92 Å². The van der Waals surface area contributed by atoms with Gasteiger partial charge in [0, 0.05) is 24.3 Å². The molecule has 1 aliphatic heterocycles. The van der Waals surface area contributed by atoms with Crippen molar-refractivity contribution in [2.45, 2.75) is 26.7 Å². The fourth-order valence-electron chi connectivity index (χ4n) is 4.55. The van der Waals surface area contributed by atoms with E-state index >= 15 is 0 Å². The first kappa shape index (κ1) is 23.5. The summed E-state index contributed by atoms with van der Waals surface area (Å²) in [6.45, 7) is 4.79. The van der Waals surface area contributed by atoms with Crippen LogP contribution < -0.4 is 4.74 Å². The van der Waals surface area contributed by atoms with Gasteiger partial charge in [-0.2, -0.15) is 0 Å². The molecule has 178 valence electrons. The van der Waals surface area contributed by atoms with Gasteiger partial charge in [-0.15, -0.1) is 0 Å². The van der Waals surface area contributed by atoms with Crippen LogP contribution in [-0.2, 0) is 9.53 Å². The molecule has 0 bridgehead atoms. The van der Waals surface area contributed by atoms with Crippen LogP contribution in [0.5, 0.6) is 5.75 Å². The zero-order valence-corrected chi connectivity index (χ0v) is 19.7. The second-order valence-electron chi connectivity index (χ2n) is 8.39. The van der Waals surface area contributed by atoms with Crippen molar-refractivity contribution in [3.63, 3.8) is 0 Å². The molecule has 0 radical (unpaired) electrons. The minimum atomic E-state index is -0.385. The van der Waals surface area contributed by atoms with Crippen LogP contribution in [0.25, 0.3) is 16.9 Å². The van der Waals surface area contributed by atoms with Gasteiger partial charge in [0.2, 0.25) is 0 Å². The number of halogens is 1. The molecular weight excluding hydrogens is 435 g/mol. The molecule has 1 amide bonds. The van der Waals surface area contributed by atoms with Gasteiger partial charge in [0.25, 0.3) is 5.91 Å².